The Labute approximate surface area is 120 Å². The topological polar surface area (TPSA) is 55.4 Å². The Balaban J connectivity index is 2.15. The molecule has 2 rings (SSSR count). The van der Waals surface area contributed by atoms with E-state index >= 15 is 0 Å². The molecule has 0 aliphatic carbocycles. The van der Waals surface area contributed by atoms with Gasteiger partial charge in [-0.25, -0.2) is 4.98 Å². The molecule has 118 valence electrons. The number of anilines is 2. The van der Waals surface area contributed by atoms with Gasteiger partial charge in [0.2, 0.25) is 0 Å². The van der Waals surface area contributed by atoms with Gasteiger partial charge < -0.3 is 20.1 Å². The van der Waals surface area contributed by atoms with Crippen molar-refractivity contribution < 1.29 is 22.6 Å². The van der Waals surface area contributed by atoms with Crippen molar-refractivity contribution >= 4 is 11.6 Å². The quantitative estimate of drug-likeness (QED) is 0.874. The molecule has 1 aliphatic rings. The maximum atomic E-state index is 12.8. The minimum atomic E-state index is -4.42. The summed E-state index contributed by atoms with van der Waals surface area (Å²) in [6.45, 7) is 1.32. The fourth-order valence-electron chi connectivity index (χ4n) is 2.13. The summed E-state index contributed by atoms with van der Waals surface area (Å²) in [5, 5.41) is 5.53. The summed E-state index contributed by atoms with van der Waals surface area (Å²) >= 11 is 0. The molecule has 1 aliphatic heterocycles. The van der Waals surface area contributed by atoms with E-state index in [0.29, 0.717) is 26.2 Å². The van der Waals surface area contributed by atoms with Crippen LogP contribution in [0.15, 0.2) is 12.1 Å². The second-order valence-electron chi connectivity index (χ2n) is 4.92. The molecule has 1 aromatic heterocycles. The number of alkyl halides is 3. The van der Waals surface area contributed by atoms with Crippen molar-refractivity contribution in [3.63, 3.8) is 0 Å². The molecule has 0 radical (unpaired) electrons. The number of methoxy groups -OCH3 is 1. The van der Waals surface area contributed by atoms with E-state index in [1.165, 1.54) is 7.05 Å². The van der Waals surface area contributed by atoms with Gasteiger partial charge in [-0.3, -0.25) is 0 Å². The van der Waals surface area contributed by atoms with Gasteiger partial charge in [-0.1, -0.05) is 0 Å². The molecule has 0 spiro atoms. The van der Waals surface area contributed by atoms with Crippen molar-refractivity contribution in [3.05, 3.63) is 17.7 Å². The van der Waals surface area contributed by atoms with Gasteiger partial charge in [0.05, 0.1) is 12.2 Å². The monoisotopic (exact) mass is 305 g/mol. The third-order valence-corrected chi connectivity index (χ3v) is 3.50. The van der Waals surface area contributed by atoms with Gasteiger partial charge in [0.1, 0.15) is 17.2 Å². The third kappa shape index (κ3) is 3.76. The summed E-state index contributed by atoms with van der Waals surface area (Å²) in [7, 11) is 3.09. The molecule has 0 bridgehead atoms. The first-order chi connectivity index (χ1) is 9.88. The van der Waals surface area contributed by atoms with Crippen LogP contribution in [0.2, 0.25) is 0 Å². The second kappa shape index (κ2) is 6.07. The van der Waals surface area contributed by atoms with Crippen LogP contribution in [-0.4, -0.2) is 44.5 Å². The zero-order valence-electron chi connectivity index (χ0n) is 11.9. The van der Waals surface area contributed by atoms with Crippen molar-refractivity contribution in [3.8, 4) is 0 Å². The number of nitrogens with zero attached hydrogens (tertiary/aromatic N) is 1. The lowest BCUT2D eigenvalue weighted by Crippen LogP contribution is -2.39. The number of pyridine rings is 1. The third-order valence-electron chi connectivity index (χ3n) is 3.50. The summed E-state index contributed by atoms with van der Waals surface area (Å²) in [5.41, 5.74) is -1.27. The first kappa shape index (κ1) is 15.8. The Morgan fingerprint density at radius 3 is 2.62 bits per heavy atom. The minimum absolute atomic E-state index is 0.150. The molecule has 1 atom stereocenters. The van der Waals surface area contributed by atoms with E-state index in [9.17, 15) is 13.2 Å². The van der Waals surface area contributed by atoms with Crippen LogP contribution in [-0.2, 0) is 15.7 Å². The van der Waals surface area contributed by atoms with Gasteiger partial charge in [-0.2, -0.15) is 13.2 Å². The van der Waals surface area contributed by atoms with Gasteiger partial charge in [0.15, 0.2) is 0 Å². The molecule has 1 fully saturated rings. The molecule has 2 N–H and O–H groups in total. The highest BCUT2D eigenvalue weighted by Crippen LogP contribution is 2.32. The van der Waals surface area contributed by atoms with E-state index in [-0.39, 0.29) is 11.6 Å². The lowest BCUT2D eigenvalue weighted by molar-refractivity contribution is -0.137. The summed E-state index contributed by atoms with van der Waals surface area (Å²) in [4.78, 5) is 4.07. The van der Waals surface area contributed by atoms with Crippen LogP contribution in [0.3, 0.4) is 0 Å². The van der Waals surface area contributed by atoms with Crippen molar-refractivity contribution in [1.29, 1.82) is 0 Å². The first-order valence-electron chi connectivity index (χ1n) is 6.52. The zero-order valence-corrected chi connectivity index (χ0v) is 11.9. The Hall–Kier alpha value is -1.54. The van der Waals surface area contributed by atoms with E-state index in [2.05, 4.69) is 15.6 Å². The molecule has 0 aromatic carbocycles. The van der Waals surface area contributed by atoms with Crippen LogP contribution < -0.4 is 10.6 Å². The molecule has 1 aromatic rings. The van der Waals surface area contributed by atoms with Crippen molar-refractivity contribution in [1.82, 2.24) is 4.98 Å². The molecule has 1 saturated heterocycles. The van der Waals surface area contributed by atoms with Gasteiger partial charge in [-0.15, -0.1) is 0 Å². The van der Waals surface area contributed by atoms with Crippen molar-refractivity contribution in [2.75, 3.05) is 44.5 Å². The van der Waals surface area contributed by atoms with E-state index in [0.717, 1.165) is 12.1 Å². The Morgan fingerprint density at radius 1 is 1.38 bits per heavy atom. The minimum Gasteiger partial charge on any atom is -0.378 e. The van der Waals surface area contributed by atoms with Crippen LogP contribution in [0.4, 0.5) is 24.8 Å². The number of aromatic nitrogens is 1. The fraction of sp³-hybridized carbons (Fsp3) is 0.615. The summed E-state index contributed by atoms with van der Waals surface area (Å²) in [6, 6.07) is 1.95. The number of ether oxygens (including phenoxy) is 2. The van der Waals surface area contributed by atoms with Gasteiger partial charge >= 0.3 is 6.18 Å². The average molecular weight is 305 g/mol. The zero-order chi connectivity index (χ0) is 15.5. The first-order valence-corrected chi connectivity index (χ1v) is 6.52. The highest BCUT2D eigenvalue weighted by Gasteiger charge is 2.35. The van der Waals surface area contributed by atoms with Crippen LogP contribution in [0, 0.1) is 0 Å². The summed E-state index contributed by atoms with van der Waals surface area (Å²) in [5.74, 6) is 0.305. The van der Waals surface area contributed by atoms with Gasteiger partial charge in [0, 0.05) is 33.7 Å². The lowest BCUT2D eigenvalue weighted by atomic mass is 10.0. The molecule has 1 unspecified atom stereocenters. The Morgan fingerprint density at radius 2 is 2.10 bits per heavy atom. The maximum Gasteiger partial charge on any atom is 0.416 e. The molecule has 0 amide bonds. The smallest absolute Gasteiger partial charge is 0.378 e. The van der Waals surface area contributed by atoms with Gasteiger partial charge in [-0.05, 0) is 12.1 Å². The van der Waals surface area contributed by atoms with E-state index < -0.39 is 17.3 Å². The highest BCUT2D eigenvalue weighted by molar-refractivity contribution is 5.49. The molecular weight excluding hydrogens is 287 g/mol. The molecule has 0 saturated carbocycles. The normalized spacial score (nSPS) is 22.3. The number of hydrogen-bond acceptors (Lipinski definition) is 5. The van der Waals surface area contributed by atoms with Crippen LogP contribution >= 0.6 is 0 Å². The molecule has 5 nitrogen and oxygen atoms in total. The van der Waals surface area contributed by atoms with Crippen LogP contribution in [0.25, 0.3) is 0 Å². The molecular formula is C13H18F3N3O2. The molecule has 2 heterocycles. The van der Waals surface area contributed by atoms with Crippen molar-refractivity contribution in [2.24, 2.45) is 0 Å². The Bertz CT molecular complexity index is 488. The van der Waals surface area contributed by atoms with E-state index in [1.807, 2.05) is 0 Å². The largest absolute Gasteiger partial charge is 0.416 e. The van der Waals surface area contributed by atoms with Crippen LogP contribution in [0.5, 0.6) is 0 Å². The van der Waals surface area contributed by atoms with Gasteiger partial charge in [0.25, 0.3) is 0 Å². The number of rotatable bonds is 5. The van der Waals surface area contributed by atoms with Crippen molar-refractivity contribution in [2.45, 2.75) is 18.2 Å². The fourth-order valence-corrected chi connectivity index (χ4v) is 2.13. The van der Waals surface area contributed by atoms with Crippen LogP contribution in [0.1, 0.15) is 12.0 Å². The second-order valence-corrected chi connectivity index (χ2v) is 4.92. The predicted molar refractivity (Wildman–Crippen MR) is 72.5 cm³/mol. The Kier molecular flexibility index (Phi) is 4.58. The maximum absolute atomic E-state index is 12.8. The summed E-state index contributed by atoms with van der Waals surface area (Å²) in [6.07, 6.45) is -3.73. The standard InChI is InChI=1S/C13H18F3N3O2/c1-17-10-5-9(13(14,15)16)6-11(19-10)18-7-12(20-2)3-4-21-8-12/h5-6H,3-4,7-8H2,1-2H3,(H2,17,18,19). The predicted octanol–water partition coefficient (Wildman–Crippen LogP) is 2.36. The van der Waals surface area contributed by atoms with E-state index in [4.69, 9.17) is 9.47 Å². The number of halogens is 3. The highest BCUT2D eigenvalue weighted by atomic mass is 19.4. The molecule has 8 heteroatoms. The average Bonchev–Trinajstić information content (AvgIpc) is 2.93. The summed E-state index contributed by atoms with van der Waals surface area (Å²) < 4.78 is 49.2. The SMILES string of the molecule is CNc1cc(C(F)(F)F)cc(NCC2(OC)CCOC2)n1. The van der Waals surface area contributed by atoms with E-state index in [1.54, 1.807) is 7.11 Å². The number of hydrogen-bond donors (Lipinski definition) is 2. The molecule has 21 heavy (non-hydrogen) atoms. The number of nitrogens with one attached hydrogen (secondary N) is 2. The lowest BCUT2D eigenvalue weighted by Gasteiger charge is -2.26.